The second kappa shape index (κ2) is 13.6. The van der Waals surface area contributed by atoms with Crippen LogP contribution >= 0.6 is 0 Å². The maximum absolute atomic E-state index is 6.43. The lowest BCUT2D eigenvalue weighted by atomic mass is 9.98. The molecule has 0 unspecified atom stereocenters. The molecule has 9 aromatic carbocycles. The fraction of sp³-hybridized carbons (Fsp3) is 0. The van der Waals surface area contributed by atoms with Crippen LogP contribution in [0.3, 0.4) is 0 Å². The van der Waals surface area contributed by atoms with Crippen molar-refractivity contribution in [1.82, 2.24) is 4.98 Å². The van der Waals surface area contributed by atoms with Crippen molar-refractivity contribution in [2.45, 2.75) is 0 Å². The van der Waals surface area contributed by atoms with Crippen LogP contribution in [0.1, 0.15) is 0 Å². The van der Waals surface area contributed by atoms with Crippen LogP contribution in [0.15, 0.2) is 215 Å². The van der Waals surface area contributed by atoms with E-state index in [1.807, 2.05) is 42.5 Å². The number of anilines is 3. The number of benzene rings is 9. The van der Waals surface area contributed by atoms with Crippen molar-refractivity contribution in [2.75, 3.05) is 4.90 Å². The molecular formula is C53H34N2O2. The van der Waals surface area contributed by atoms with Crippen LogP contribution < -0.4 is 4.90 Å². The number of rotatable bonds is 7. The third-order valence-electron chi connectivity index (χ3n) is 10.9. The Balaban J connectivity index is 0.954. The molecule has 0 amide bonds. The van der Waals surface area contributed by atoms with E-state index in [9.17, 15) is 0 Å². The lowest BCUT2D eigenvalue weighted by Crippen LogP contribution is -2.09. The molecule has 0 saturated carbocycles. The third kappa shape index (κ3) is 5.83. The Hall–Kier alpha value is -7.69. The molecule has 0 radical (unpaired) electrons. The van der Waals surface area contributed by atoms with Crippen molar-refractivity contribution < 1.29 is 8.83 Å². The molecular weight excluding hydrogens is 697 g/mol. The zero-order valence-corrected chi connectivity index (χ0v) is 30.8. The maximum atomic E-state index is 6.43. The number of hydrogen-bond acceptors (Lipinski definition) is 4. The molecule has 0 N–H and O–H groups in total. The van der Waals surface area contributed by atoms with Crippen molar-refractivity contribution in [2.24, 2.45) is 0 Å². The van der Waals surface area contributed by atoms with E-state index in [0.29, 0.717) is 5.89 Å². The van der Waals surface area contributed by atoms with Gasteiger partial charge < -0.3 is 13.7 Å². The Labute approximate surface area is 329 Å². The zero-order chi connectivity index (χ0) is 37.7. The molecule has 268 valence electrons. The lowest BCUT2D eigenvalue weighted by Gasteiger charge is -2.26. The first-order valence-electron chi connectivity index (χ1n) is 19.2. The van der Waals surface area contributed by atoms with Gasteiger partial charge in [0.1, 0.15) is 16.7 Å². The summed E-state index contributed by atoms with van der Waals surface area (Å²) in [5.74, 6) is 0.603. The second-order valence-electron chi connectivity index (χ2n) is 14.4. The maximum Gasteiger partial charge on any atom is 0.227 e. The molecule has 0 aliphatic heterocycles. The highest BCUT2D eigenvalue weighted by atomic mass is 16.4. The van der Waals surface area contributed by atoms with Crippen molar-refractivity contribution >= 4 is 60.9 Å². The minimum atomic E-state index is 0.603. The first-order chi connectivity index (χ1) is 28.2. The van der Waals surface area contributed by atoms with Crippen molar-refractivity contribution in [3.8, 4) is 44.8 Å². The smallest absolute Gasteiger partial charge is 0.227 e. The first-order valence-corrected chi connectivity index (χ1v) is 19.2. The highest BCUT2D eigenvalue weighted by molar-refractivity contribution is 6.17. The fourth-order valence-electron chi connectivity index (χ4n) is 8.09. The van der Waals surface area contributed by atoms with Crippen molar-refractivity contribution in [1.29, 1.82) is 0 Å². The summed E-state index contributed by atoms with van der Waals surface area (Å²) in [7, 11) is 0. The van der Waals surface area contributed by atoms with Crippen LogP contribution in [0.25, 0.3) is 88.6 Å². The van der Waals surface area contributed by atoms with Gasteiger partial charge in [0, 0.05) is 28.0 Å². The second-order valence-corrected chi connectivity index (χ2v) is 14.4. The van der Waals surface area contributed by atoms with Gasteiger partial charge in [-0.25, -0.2) is 4.98 Å². The highest BCUT2D eigenvalue weighted by Gasteiger charge is 2.18. The Kier molecular flexibility index (Phi) is 7.78. The zero-order valence-electron chi connectivity index (χ0n) is 30.8. The van der Waals surface area contributed by atoms with E-state index in [1.54, 1.807) is 0 Å². The largest absolute Gasteiger partial charge is 0.456 e. The molecule has 2 heterocycles. The van der Waals surface area contributed by atoms with Gasteiger partial charge >= 0.3 is 0 Å². The Morgan fingerprint density at radius 3 is 1.60 bits per heavy atom. The van der Waals surface area contributed by atoms with Gasteiger partial charge in [0.2, 0.25) is 5.89 Å². The summed E-state index contributed by atoms with van der Waals surface area (Å²) in [6.45, 7) is 0. The van der Waals surface area contributed by atoms with Crippen LogP contribution in [-0.2, 0) is 0 Å². The SMILES string of the molecule is c1ccc(-c2ccc(N(c3ccc(-c4ccc5c(c4)oc4ccc6oc(-c7ccccc7)nc6c45)cc3)c3ccc(-c4cccc5ccccc45)cc3)cc2)cc1. The summed E-state index contributed by atoms with van der Waals surface area (Å²) in [6, 6.07) is 72.4. The summed E-state index contributed by atoms with van der Waals surface area (Å²) in [4.78, 5) is 7.23. The van der Waals surface area contributed by atoms with Gasteiger partial charge in [0.25, 0.3) is 0 Å². The molecule has 0 aliphatic carbocycles. The van der Waals surface area contributed by atoms with E-state index in [4.69, 9.17) is 13.8 Å². The predicted octanol–water partition coefficient (Wildman–Crippen LogP) is 15.0. The standard InChI is InChI=1S/C53H34N2O2/c1-3-10-35(11-4-1)36-18-25-42(26-19-36)55(44-29-22-39(23-30-44)46-17-9-15-38-12-7-8-16-45(38)46)43-27-20-37(21-28-43)41-24-31-47-50(34-41)56-48-32-33-49-52(51(47)48)54-53(57-49)40-13-5-2-6-14-40/h1-34H. The van der Waals surface area contributed by atoms with E-state index in [2.05, 4.69) is 169 Å². The Morgan fingerprint density at radius 2 is 0.895 bits per heavy atom. The Bertz CT molecular complexity index is 3200. The molecule has 0 saturated heterocycles. The number of aromatic nitrogens is 1. The molecule has 0 atom stereocenters. The van der Waals surface area contributed by atoms with Gasteiger partial charge in [0.15, 0.2) is 5.58 Å². The molecule has 0 aliphatic rings. The molecule has 11 aromatic rings. The monoisotopic (exact) mass is 730 g/mol. The highest BCUT2D eigenvalue weighted by Crippen LogP contribution is 2.41. The fourth-order valence-corrected chi connectivity index (χ4v) is 8.09. The van der Waals surface area contributed by atoms with E-state index in [-0.39, 0.29) is 0 Å². The van der Waals surface area contributed by atoms with Gasteiger partial charge in [-0.3, -0.25) is 0 Å². The third-order valence-corrected chi connectivity index (χ3v) is 10.9. The summed E-state index contributed by atoms with van der Waals surface area (Å²) >= 11 is 0. The average Bonchev–Trinajstić information content (AvgIpc) is 3.89. The van der Waals surface area contributed by atoms with Crippen LogP contribution in [0.5, 0.6) is 0 Å². The van der Waals surface area contributed by atoms with E-state index in [0.717, 1.165) is 66.8 Å². The van der Waals surface area contributed by atoms with Gasteiger partial charge in [-0.1, -0.05) is 133 Å². The molecule has 0 fully saturated rings. The van der Waals surface area contributed by atoms with Crippen LogP contribution in [-0.4, -0.2) is 4.98 Å². The number of hydrogen-bond donors (Lipinski definition) is 0. The number of oxazole rings is 1. The molecule has 4 nitrogen and oxygen atoms in total. The topological polar surface area (TPSA) is 42.4 Å². The van der Waals surface area contributed by atoms with E-state index >= 15 is 0 Å². The summed E-state index contributed by atoms with van der Waals surface area (Å²) in [5, 5.41) is 4.47. The van der Waals surface area contributed by atoms with Gasteiger partial charge in [-0.05, 0) is 117 Å². The number of fused-ring (bicyclic) bond motifs is 6. The van der Waals surface area contributed by atoms with Crippen LogP contribution in [0.2, 0.25) is 0 Å². The summed E-state index contributed by atoms with van der Waals surface area (Å²) in [5.41, 5.74) is 14.3. The van der Waals surface area contributed by atoms with E-state index in [1.165, 1.54) is 33.0 Å². The minimum Gasteiger partial charge on any atom is -0.456 e. The quantitative estimate of drug-likeness (QED) is 0.164. The Morgan fingerprint density at radius 1 is 0.351 bits per heavy atom. The lowest BCUT2D eigenvalue weighted by molar-refractivity contribution is 0.619. The summed E-state index contributed by atoms with van der Waals surface area (Å²) < 4.78 is 12.6. The predicted molar refractivity (Wildman–Crippen MR) is 235 cm³/mol. The number of nitrogens with zero attached hydrogens (tertiary/aromatic N) is 2. The first kappa shape index (κ1) is 32.7. The van der Waals surface area contributed by atoms with Crippen molar-refractivity contribution in [3.63, 3.8) is 0 Å². The van der Waals surface area contributed by atoms with Crippen LogP contribution in [0, 0.1) is 0 Å². The average molecular weight is 731 g/mol. The molecule has 57 heavy (non-hydrogen) atoms. The van der Waals surface area contributed by atoms with Gasteiger partial charge in [-0.2, -0.15) is 0 Å². The normalized spacial score (nSPS) is 11.5. The van der Waals surface area contributed by atoms with Crippen LogP contribution in [0.4, 0.5) is 17.1 Å². The molecule has 0 bridgehead atoms. The summed E-state index contributed by atoms with van der Waals surface area (Å²) in [6.07, 6.45) is 0. The van der Waals surface area contributed by atoms with Gasteiger partial charge in [-0.15, -0.1) is 0 Å². The van der Waals surface area contributed by atoms with E-state index < -0.39 is 0 Å². The van der Waals surface area contributed by atoms with Gasteiger partial charge in [0.05, 0.1) is 5.39 Å². The molecule has 11 rings (SSSR count). The molecule has 0 spiro atoms. The molecule has 4 heteroatoms. The number of furan rings is 1. The molecule has 2 aromatic heterocycles. The minimum absolute atomic E-state index is 0.603. The van der Waals surface area contributed by atoms with Crippen molar-refractivity contribution in [3.05, 3.63) is 206 Å².